The molecule has 0 aliphatic carbocycles. The Kier molecular flexibility index (Phi) is 5.06. The summed E-state index contributed by atoms with van der Waals surface area (Å²) in [6.45, 7) is 1.73. The van der Waals surface area contributed by atoms with E-state index in [1.807, 2.05) is 19.1 Å². The van der Waals surface area contributed by atoms with Crippen LogP contribution in [0, 0.1) is 6.92 Å². The van der Waals surface area contributed by atoms with Gasteiger partial charge in [-0.2, -0.15) is 0 Å². The average Bonchev–Trinajstić information content (AvgIpc) is 2.33. The van der Waals surface area contributed by atoms with Crippen LogP contribution in [-0.4, -0.2) is 39.8 Å². The minimum Gasteiger partial charge on any atom is -0.479 e. The van der Waals surface area contributed by atoms with E-state index in [0.717, 1.165) is 5.69 Å². The minimum absolute atomic E-state index is 0.233. The second-order valence-corrected chi connectivity index (χ2v) is 3.69. The quantitative estimate of drug-likeness (QED) is 0.572. The van der Waals surface area contributed by atoms with Crippen molar-refractivity contribution in [1.82, 2.24) is 15.6 Å². The molecule has 1 unspecified atom stereocenters. The Morgan fingerprint density at radius 1 is 1.39 bits per heavy atom. The van der Waals surface area contributed by atoms with Crippen molar-refractivity contribution in [3.8, 4) is 0 Å². The molecule has 2 amide bonds. The number of pyridine rings is 1. The predicted molar refractivity (Wildman–Crippen MR) is 62.9 cm³/mol. The number of aromatic nitrogens is 1. The first-order valence-corrected chi connectivity index (χ1v) is 5.34. The summed E-state index contributed by atoms with van der Waals surface area (Å²) in [5.74, 6) is -1.38. The lowest BCUT2D eigenvalue weighted by Crippen LogP contribution is -2.41. The zero-order chi connectivity index (χ0) is 13.5. The summed E-state index contributed by atoms with van der Waals surface area (Å²) < 4.78 is 0. The maximum absolute atomic E-state index is 11.3. The summed E-state index contributed by atoms with van der Waals surface area (Å²) in [6.07, 6.45) is -1.60. The van der Waals surface area contributed by atoms with E-state index in [1.165, 1.54) is 0 Å². The molecule has 0 saturated carbocycles. The number of rotatable bonds is 5. The molecule has 18 heavy (non-hydrogen) atoms. The van der Waals surface area contributed by atoms with Crippen LogP contribution in [0.3, 0.4) is 0 Å². The Balaban J connectivity index is 2.31. The number of hydrogen-bond donors (Lipinski definition) is 4. The molecule has 1 aromatic rings. The molecule has 0 radical (unpaired) electrons. The highest BCUT2D eigenvalue weighted by Gasteiger charge is 2.13. The molecule has 0 aliphatic rings. The second kappa shape index (κ2) is 6.55. The van der Waals surface area contributed by atoms with Gasteiger partial charge in [-0.25, -0.2) is 9.59 Å². The SMILES string of the molecule is Cc1cccc(CNC(=O)NCC(O)C(=O)O)n1. The molecule has 7 heteroatoms. The molecular formula is C11H15N3O4. The summed E-state index contributed by atoms with van der Waals surface area (Å²) in [4.78, 5) is 25.8. The number of aliphatic hydroxyl groups excluding tert-OH is 1. The van der Waals surface area contributed by atoms with Gasteiger partial charge in [-0.05, 0) is 19.1 Å². The third kappa shape index (κ3) is 4.79. The third-order valence-corrected chi connectivity index (χ3v) is 2.12. The van der Waals surface area contributed by atoms with Gasteiger partial charge in [0.25, 0.3) is 0 Å². The lowest BCUT2D eigenvalue weighted by atomic mass is 10.3. The third-order valence-electron chi connectivity index (χ3n) is 2.12. The number of carbonyl (C=O) groups excluding carboxylic acids is 1. The standard InChI is InChI=1S/C11H15N3O4/c1-7-3-2-4-8(14-7)5-12-11(18)13-6-9(15)10(16)17/h2-4,9,15H,5-6H2,1H3,(H,16,17)(H2,12,13,18). The van der Waals surface area contributed by atoms with Gasteiger partial charge in [0.05, 0.1) is 18.8 Å². The second-order valence-electron chi connectivity index (χ2n) is 3.69. The van der Waals surface area contributed by atoms with Gasteiger partial charge in [0, 0.05) is 5.69 Å². The Morgan fingerprint density at radius 3 is 2.72 bits per heavy atom. The van der Waals surface area contributed by atoms with Crippen LogP contribution in [0.1, 0.15) is 11.4 Å². The van der Waals surface area contributed by atoms with E-state index in [9.17, 15) is 9.59 Å². The van der Waals surface area contributed by atoms with E-state index in [1.54, 1.807) is 6.07 Å². The molecule has 0 bridgehead atoms. The first-order valence-electron chi connectivity index (χ1n) is 5.34. The summed E-state index contributed by atoms with van der Waals surface area (Å²) in [6, 6.07) is 4.87. The number of hydrogen-bond acceptors (Lipinski definition) is 4. The summed E-state index contributed by atoms with van der Waals surface area (Å²) >= 11 is 0. The minimum atomic E-state index is -1.60. The predicted octanol–water partition coefficient (Wildman–Crippen LogP) is -0.365. The fraction of sp³-hybridized carbons (Fsp3) is 0.364. The molecular weight excluding hydrogens is 238 g/mol. The highest BCUT2D eigenvalue weighted by Crippen LogP contribution is 1.97. The fourth-order valence-corrected chi connectivity index (χ4v) is 1.21. The smallest absolute Gasteiger partial charge is 0.334 e. The zero-order valence-electron chi connectivity index (χ0n) is 9.88. The Labute approximate surface area is 104 Å². The number of nitrogens with one attached hydrogen (secondary N) is 2. The van der Waals surface area contributed by atoms with Crippen LogP contribution >= 0.6 is 0 Å². The summed E-state index contributed by atoms with van der Waals surface area (Å²) in [5.41, 5.74) is 1.54. The van der Waals surface area contributed by atoms with Crippen molar-refractivity contribution in [2.45, 2.75) is 19.6 Å². The van der Waals surface area contributed by atoms with Crippen LogP contribution in [0.4, 0.5) is 4.79 Å². The van der Waals surface area contributed by atoms with Gasteiger partial charge in [0.1, 0.15) is 0 Å². The van der Waals surface area contributed by atoms with Gasteiger partial charge in [-0.3, -0.25) is 4.98 Å². The number of carbonyl (C=O) groups is 2. The molecule has 0 saturated heterocycles. The molecule has 1 heterocycles. The number of carboxylic acid groups (broad SMARTS) is 1. The number of aliphatic carboxylic acids is 1. The van der Waals surface area contributed by atoms with Crippen molar-refractivity contribution in [3.63, 3.8) is 0 Å². The maximum Gasteiger partial charge on any atom is 0.334 e. The van der Waals surface area contributed by atoms with E-state index >= 15 is 0 Å². The van der Waals surface area contributed by atoms with E-state index in [2.05, 4.69) is 15.6 Å². The van der Waals surface area contributed by atoms with Crippen LogP contribution in [-0.2, 0) is 11.3 Å². The van der Waals surface area contributed by atoms with E-state index in [4.69, 9.17) is 10.2 Å². The summed E-state index contributed by atoms with van der Waals surface area (Å²) in [7, 11) is 0. The lowest BCUT2D eigenvalue weighted by molar-refractivity contribution is -0.146. The van der Waals surface area contributed by atoms with Gasteiger partial charge in [0.2, 0.25) is 0 Å². The van der Waals surface area contributed by atoms with Crippen molar-refractivity contribution < 1.29 is 19.8 Å². The molecule has 1 atom stereocenters. The molecule has 1 rings (SSSR count). The molecule has 0 fully saturated rings. The molecule has 0 aliphatic heterocycles. The van der Waals surface area contributed by atoms with Crippen molar-refractivity contribution in [2.24, 2.45) is 0 Å². The number of aliphatic hydroxyl groups is 1. The highest BCUT2D eigenvalue weighted by atomic mass is 16.4. The number of aryl methyl sites for hydroxylation is 1. The molecule has 1 aromatic heterocycles. The van der Waals surface area contributed by atoms with Gasteiger partial charge in [-0.15, -0.1) is 0 Å². The lowest BCUT2D eigenvalue weighted by Gasteiger charge is -2.09. The molecule has 0 aromatic carbocycles. The first kappa shape index (κ1) is 13.9. The monoisotopic (exact) mass is 253 g/mol. The Bertz CT molecular complexity index is 436. The van der Waals surface area contributed by atoms with E-state index < -0.39 is 18.1 Å². The normalized spacial score (nSPS) is 11.7. The van der Waals surface area contributed by atoms with Gasteiger partial charge in [-0.1, -0.05) is 6.07 Å². The molecule has 7 nitrogen and oxygen atoms in total. The fourth-order valence-electron chi connectivity index (χ4n) is 1.21. The molecule has 98 valence electrons. The van der Waals surface area contributed by atoms with E-state index in [0.29, 0.717) is 5.69 Å². The number of carboxylic acids is 1. The van der Waals surface area contributed by atoms with Gasteiger partial charge >= 0.3 is 12.0 Å². The summed E-state index contributed by atoms with van der Waals surface area (Å²) in [5, 5.41) is 22.1. The topological polar surface area (TPSA) is 112 Å². The van der Waals surface area contributed by atoms with Crippen LogP contribution < -0.4 is 10.6 Å². The molecule has 0 spiro atoms. The van der Waals surface area contributed by atoms with Crippen molar-refractivity contribution >= 4 is 12.0 Å². The zero-order valence-corrected chi connectivity index (χ0v) is 9.88. The van der Waals surface area contributed by atoms with Crippen LogP contribution in [0.5, 0.6) is 0 Å². The van der Waals surface area contributed by atoms with Gasteiger partial charge in [0.15, 0.2) is 6.10 Å². The van der Waals surface area contributed by atoms with E-state index in [-0.39, 0.29) is 13.1 Å². The molecule has 4 N–H and O–H groups in total. The average molecular weight is 253 g/mol. The van der Waals surface area contributed by atoms with Crippen LogP contribution in [0.2, 0.25) is 0 Å². The largest absolute Gasteiger partial charge is 0.479 e. The first-order chi connectivity index (χ1) is 8.49. The highest BCUT2D eigenvalue weighted by molar-refractivity contribution is 5.76. The van der Waals surface area contributed by atoms with Crippen LogP contribution in [0.25, 0.3) is 0 Å². The Morgan fingerprint density at radius 2 is 2.11 bits per heavy atom. The van der Waals surface area contributed by atoms with Crippen molar-refractivity contribution in [1.29, 1.82) is 0 Å². The number of nitrogens with zero attached hydrogens (tertiary/aromatic N) is 1. The van der Waals surface area contributed by atoms with Crippen LogP contribution in [0.15, 0.2) is 18.2 Å². The van der Waals surface area contributed by atoms with Gasteiger partial charge < -0.3 is 20.8 Å². The maximum atomic E-state index is 11.3. The number of urea groups is 1. The Hall–Kier alpha value is -2.15. The van der Waals surface area contributed by atoms with Crippen molar-refractivity contribution in [2.75, 3.05) is 6.54 Å². The number of amides is 2. The van der Waals surface area contributed by atoms with Crippen molar-refractivity contribution in [3.05, 3.63) is 29.6 Å².